The summed E-state index contributed by atoms with van der Waals surface area (Å²) in [5.41, 5.74) is -3.12. The molecule has 15 heavy (non-hydrogen) atoms. The van der Waals surface area contributed by atoms with Crippen LogP contribution in [0.15, 0.2) is 11.5 Å². The minimum atomic E-state index is -3.99. The minimum absolute atomic E-state index is 0.240. The van der Waals surface area contributed by atoms with E-state index in [2.05, 4.69) is 14.4 Å². The van der Waals surface area contributed by atoms with Crippen molar-refractivity contribution in [3.8, 4) is 0 Å². The number of rotatable bonds is 7. The Labute approximate surface area is 95.9 Å². The van der Waals surface area contributed by atoms with Crippen LogP contribution in [0.3, 0.4) is 0 Å². The van der Waals surface area contributed by atoms with E-state index in [0.29, 0.717) is 5.75 Å². The number of hydrogen-bond donors (Lipinski definition) is 0. The summed E-state index contributed by atoms with van der Waals surface area (Å²) >= 11 is 1.43. The quantitative estimate of drug-likeness (QED) is 0.480. The molecular formula is C9H13B2F3S. The predicted molar refractivity (Wildman–Crippen MR) is 61.4 cm³/mol. The smallest absolute Gasteiger partial charge is 0.224 e. The lowest BCUT2D eigenvalue weighted by atomic mass is 9.67. The van der Waals surface area contributed by atoms with E-state index in [1.807, 2.05) is 6.92 Å². The monoisotopic (exact) mass is 232 g/mol. The molecule has 0 heterocycles. The van der Waals surface area contributed by atoms with Gasteiger partial charge in [0.15, 0.2) is 7.85 Å². The average molecular weight is 232 g/mol. The largest absolute Gasteiger partial charge is 0.250 e. The Kier molecular flexibility index (Phi) is 5.93. The normalized spacial score (nSPS) is 16.0. The molecule has 0 aliphatic carbocycles. The van der Waals surface area contributed by atoms with Crippen molar-refractivity contribution in [2.45, 2.75) is 37.6 Å². The van der Waals surface area contributed by atoms with E-state index in [1.54, 1.807) is 0 Å². The molecule has 1 unspecified atom stereocenters. The van der Waals surface area contributed by atoms with Crippen molar-refractivity contribution < 1.29 is 13.2 Å². The van der Waals surface area contributed by atoms with Gasteiger partial charge in [-0.05, 0) is 29.9 Å². The second-order valence-electron chi connectivity index (χ2n) is 3.33. The molecule has 0 bridgehead atoms. The maximum atomic E-state index is 13.1. The van der Waals surface area contributed by atoms with Crippen LogP contribution in [0.4, 0.5) is 13.2 Å². The van der Waals surface area contributed by atoms with Gasteiger partial charge in [-0.3, -0.25) is 0 Å². The molecule has 1 atom stereocenters. The Morgan fingerprint density at radius 1 is 1.33 bits per heavy atom. The van der Waals surface area contributed by atoms with Crippen LogP contribution in [0.5, 0.6) is 0 Å². The first kappa shape index (κ1) is 15.0. The van der Waals surface area contributed by atoms with Gasteiger partial charge in [0.1, 0.15) is 13.4 Å². The fraction of sp³-hybridized carbons (Fsp3) is 0.778. The highest BCUT2D eigenvalue weighted by atomic mass is 32.2. The van der Waals surface area contributed by atoms with Gasteiger partial charge < -0.3 is 0 Å². The number of alkyl halides is 3. The van der Waals surface area contributed by atoms with Gasteiger partial charge in [-0.1, -0.05) is 13.5 Å². The maximum Gasteiger partial charge on any atom is 0.224 e. The molecule has 0 aromatic carbocycles. The third-order valence-corrected chi connectivity index (χ3v) is 3.13. The topological polar surface area (TPSA) is 0 Å². The van der Waals surface area contributed by atoms with E-state index >= 15 is 0 Å². The van der Waals surface area contributed by atoms with Crippen LogP contribution < -0.4 is 0 Å². The van der Waals surface area contributed by atoms with Crippen molar-refractivity contribution in [1.29, 1.82) is 0 Å². The number of allylic oxidation sites excluding steroid dienone is 1. The Bertz CT molecular complexity index is 214. The highest BCUT2D eigenvalue weighted by Gasteiger charge is 2.44. The van der Waals surface area contributed by atoms with Crippen molar-refractivity contribution in [2.75, 3.05) is 5.75 Å². The van der Waals surface area contributed by atoms with Crippen LogP contribution in [-0.4, -0.2) is 32.8 Å². The predicted octanol–water partition coefficient (Wildman–Crippen LogP) is 3.02. The molecule has 0 rings (SSSR count). The Morgan fingerprint density at radius 2 is 1.87 bits per heavy atom. The molecular weight excluding hydrogens is 219 g/mol. The molecule has 0 aliphatic rings. The lowest BCUT2D eigenvalue weighted by Gasteiger charge is -2.28. The van der Waals surface area contributed by atoms with E-state index in [0.717, 1.165) is 11.3 Å². The Hall–Kier alpha value is 0.00987. The van der Waals surface area contributed by atoms with Gasteiger partial charge in [0.25, 0.3) is 0 Å². The second kappa shape index (κ2) is 5.92. The standard InChI is InChI=1S/C9H13B2F3S/c1-3-7(2)15-6-4-5-8(10,12)9(11,13)14/h2-6H2,1H3. The van der Waals surface area contributed by atoms with E-state index < -0.39 is 17.8 Å². The lowest BCUT2D eigenvalue weighted by molar-refractivity contribution is -0.0252. The fourth-order valence-corrected chi connectivity index (χ4v) is 1.60. The Balaban J connectivity index is 3.82. The van der Waals surface area contributed by atoms with Crippen LogP contribution in [0.25, 0.3) is 0 Å². The van der Waals surface area contributed by atoms with E-state index in [9.17, 15) is 13.2 Å². The summed E-state index contributed by atoms with van der Waals surface area (Å²) in [5, 5.41) is 0. The molecule has 0 nitrogen and oxygen atoms in total. The third-order valence-electron chi connectivity index (χ3n) is 1.94. The lowest BCUT2D eigenvalue weighted by Crippen LogP contribution is -2.45. The molecule has 0 saturated heterocycles. The van der Waals surface area contributed by atoms with Crippen molar-refractivity contribution in [2.24, 2.45) is 0 Å². The summed E-state index contributed by atoms with van der Waals surface area (Å²) < 4.78 is 37.9. The minimum Gasteiger partial charge on any atom is -0.250 e. The summed E-state index contributed by atoms with van der Waals surface area (Å²) in [6, 6.07) is 0. The summed E-state index contributed by atoms with van der Waals surface area (Å²) in [6.07, 6.45) is 0.588. The first-order valence-electron chi connectivity index (χ1n) is 4.65. The van der Waals surface area contributed by atoms with Crippen molar-refractivity contribution in [3.05, 3.63) is 11.5 Å². The molecule has 0 aliphatic heterocycles. The number of thioether (sulfide) groups is 1. The zero-order valence-corrected chi connectivity index (χ0v) is 9.55. The van der Waals surface area contributed by atoms with Crippen LogP contribution in [0.2, 0.25) is 0 Å². The van der Waals surface area contributed by atoms with E-state index in [4.69, 9.17) is 7.85 Å². The van der Waals surface area contributed by atoms with Crippen LogP contribution in [0.1, 0.15) is 26.2 Å². The van der Waals surface area contributed by atoms with Gasteiger partial charge in [-0.15, -0.1) is 11.8 Å². The average Bonchev–Trinajstić information content (AvgIpc) is 2.10. The van der Waals surface area contributed by atoms with Crippen molar-refractivity contribution >= 4 is 27.5 Å². The van der Waals surface area contributed by atoms with Gasteiger partial charge in [0.05, 0.1) is 0 Å². The molecule has 4 radical (unpaired) electrons. The highest BCUT2D eigenvalue weighted by molar-refractivity contribution is 8.03. The fourth-order valence-electron chi connectivity index (χ4n) is 0.815. The molecule has 0 aromatic heterocycles. The van der Waals surface area contributed by atoms with Gasteiger partial charge in [-0.2, -0.15) is 0 Å². The zero-order chi connectivity index (χ0) is 12.1. The first-order chi connectivity index (χ1) is 6.70. The van der Waals surface area contributed by atoms with Crippen LogP contribution in [0, 0.1) is 0 Å². The molecule has 0 aromatic rings. The summed E-state index contributed by atoms with van der Waals surface area (Å²) in [4.78, 5) is 0.941. The van der Waals surface area contributed by atoms with Gasteiger partial charge >= 0.3 is 0 Å². The van der Waals surface area contributed by atoms with E-state index in [1.165, 1.54) is 11.8 Å². The van der Waals surface area contributed by atoms with Gasteiger partial charge in [-0.25, -0.2) is 13.2 Å². The first-order valence-corrected chi connectivity index (χ1v) is 5.64. The van der Waals surface area contributed by atoms with Gasteiger partial charge in [0, 0.05) is 0 Å². The summed E-state index contributed by atoms with van der Waals surface area (Å²) in [6.45, 7) is 5.66. The van der Waals surface area contributed by atoms with Gasteiger partial charge in [0.2, 0.25) is 5.82 Å². The number of halogens is 3. The Morgan fingerprint density at radius 3 is 2.27 bits per heavy atom. The summed E-state index contributed by atoms with van der Waals surface area (Å²) in [7, 11) is 9.09. The molecule has 0 saturated carbocycles. The molecule has 0 N–H and O–H groups in total. The van der Waals surface area contributed by atoms with Crippen LogP contribution >= 0.6 is 11.8 Å². The molecule has 0 spiro atoms. The third kappa shape index (κ3) is 5.59. The number of hydrogen-bond acceptors (Lipinski definition) is 1. The molecule has 6 heteroatoms. The zero-order valence-electron chi connectivity index (χ0n) is 8.73. The molecule has 82 valence electrons. The van der Waals surface area contributed by atoms with E-state index in [-0.39, 0.29) is 6.42 Å². The highest BCUT2D eigenvalue weighted by Crippen LogP contribution is 2.31. The van der Waals surface area contributed by atoms with Crippen molar-refractivity contribution in [1.82, 2.24) is 0 Å². The summed E-state index contributed by atoms with van der Waals surface area (Å²) in [5.74, 6) is -3.47. The molecule has 0 fully saturated rings. The van der Waals surface area contributed by atoms with Crippen LogP contribution in [-0.2, 0) is 0 Å². The maximum absolute atomic E-state index is 13.1. The second-order valence-corrected chi connectivity index (χ2v) is 4.60. The van der Waals surface area contributed by atoms with Crippen molar-refractivity contribution in [3.63, 3.8) is 0 Å². The molecule has 0 amide bonds. The SMILES string of the molecule is [B]C(F)(F)C([B])(F)CCCSC(=C)CC.